The highest BCUT2D eigenvalue weighted by molar-refractivity contribution is 5.93. The largest absolute Gasteiger partial charge is 0.497 e. The van der Waals surface area contributed by atoms with Crippen LogP contribution >= 0.6 is 0 Å². The highest BCUT2D eigenvalue weighted by Crippen LogP contribution is 2.24. The first-order chi connectivity index (χ1) is 13.1. The van der Waals surface area contributed by atoms with Crippen LogP contribution in [-0.4, -0.2) is 45.8 Å². The zero-order chi connectivity index (χ0) is 18.8. The van der Waals surface area contributed by atoms with Crippen molar-refractivity contribution in [2.24, 2.45) is 13.0 Å². The van der Waals surface area contributed by atoms with E-state index in [4.69, 9.17) is 4.74 Å². The number of benzene rings is 1. The number of nitrogens with zero attached hydrogens (tertiary/aromatic N) is 3. The third kappa shape index (κ3) is 3.60. The van der Waals surface area contributed by atoms with Gasteiger partial charge in [0, 0.05) is 26.3 Å². The van der Waals surface area contributed by atoms with Crippen LogP contribution in [0.15, 0.2) is 48.7 Å². The number of H-pyrrole nitrogens is 1. The van der Waals surface area contributed by atoms with Gasteiger partial charge in [-0.05, 0) is 54.7 Å². The summed E-state index contributed by atoms with van der Waals surface area (Å²) in [7, 11) is 3.64. The molecule has 0 saturated carbocycles. The van der Waals surface area contributed by atoms with Gasteiger partial charge in [-0.3, -0.25) is 9.89 Å². The summed E-state index contributed by atoms with van der Waals surface area (Å²) in [5.74, 6) is 1.38. The normalized spacial score (nSPS) is 16.7. The van der Waals surface area contributed by atoms with Gasteiger partial charge < -0.3 is 14.2 Å². The minimum absolute atomic E-state index is 0.0280. The molecule has 140 valence electrons. The summed E-state index contributed by atoms with van der Waals surface area (Å²) in [4.78, 5) is 14.8. The number of aromatic amines is 1. The Bertz CT molecular complexity index is 926. The highest BCUT2D eigenvalue weighted by atomic mass is 16.5. The molecule has 1 aliphatic rings. The summed E-state index contributed by atoms with van der Waals surface area (Å²) in [5, 5.41) is 7.22. The van der Waals surface area contributed by atoms with Crippen molar-refractivity contribution >= 4 is 5.91 Å². The number of carbonyl (C=O) groups is 1. The number of hydrogen-bond acceptors (Lipinski definition) is 3. The second-order valence-electron chi connectivity index (χ2n) is 7.13. The van der Waals surface area contributed by atoms with E-state index in [0.717, 1.165) is 43.1 Å². The van der Waals surface area contributed by atoms with Crippen LogP contribution in [0, 0.1) is 5.92 Å². The van der Waals surface area contributed by atoms with Crippen LogP contribution in [0.2, 0.25) is 0 Å². The lowest BCUT2D eigenvalue weighted by molar-refractivity contribution is 0.0781. The van der Waals surface area contributed by atoms with Crippen molar-refractivity contribution in [3.63, 3.8) is 0 Å². The molecule has 6 heteroatoms. The van der Waals surface area contributed by atoms with Gasteiger partial charge in [0.15, 0.2) is 0 Å². The monoisotopic (exact) mass is 364 g/mol. The van der Waals surface area contributed by atoms with Crippen LogP contribution in [-0.2, 0) is 13.5 Å². The SMILES string of the molecule is COc1ccc(CC2CCN(C(=O)c3cc(-c4cccn4C)n[nH]3)C2)cc1. The third-order valence-corrected chi connectivity index (χ3v) is 5.27. The topological polar surface area (TPSA) is 63.1 Å². The van der Waals surface area contributed by atoms with Crippen LogP contribution in [0.5, 0.6) is 5.75 Å². The second kappa shape index (κ2) is 7.31. The van der Waals surface area contributed by atoms with Gasteiger partial charge in [-0.2, -0.15) is 5.10 Å². The molecule has 2 aromatic heterocycles. The molecule has 0 bridgehead atoms. The lowest BCUT2D eigenvalue weighted by atomic mass is 9.99. The van der Waals surface area contributed by atoms with E-state index >= 15 is 0 Å². The number of amides is 1. The zero-order valence-electron chi connectivity index (χ0n) is 15.7. The Morgan fingerprint density at radius 3 is 2.81 bits per heavy atom. The van der Waals surface area contributed by atoms with E-state index in [1.165, 1.54) is 5.56 Å². The Hall–Kier alpha value is -3.02. The van der Waals surface area contributed by atoms with Gasteiger partial charge in [0.25, 0.3) is 5.91 Å². The van der Waals surface area contributed by atoms with Crippen LogP contribution in [0.1, 0.15) is 22.5 Å². The summed E-state index contributed by atoms with van der Waals surface area (Å²) in [6.45, 7) is 1.57. The van der Waals surface area contributed by atoms with E-state index in [1.54, 1.807) is 7.11 Å². The van der Waals surface area contributed by atoms with Gasteiger partial charge in [0.05, 0.1) is 12.8 Å². The average molecular weight is 364 g/mol. The van der Waals surface area contributed by atoms with Crippen molar-refractivity contribution in [2.75, 3.05) is 20.2 Å². The van der Waals surface area contributed by atoms with Crippen molar-refractivity contribution in [3.8, 4) is 17.1 Å². The molecule has 1 amide bonds. The van der Waals surface area contributed by atoms with Gasteiger partial charge in [-0.25, -0.2) is 0 Å². The van der Waals surface area contributed by atoms with Crippen molar-refractivity contribution in [3.05, 3.63) is 59.9 Å². The number of hydrogen-bond donors (Lipinski definition) is 1. The molecule has 0 radical (unpaired) electrons. The summed E-state index contributed by atoms with van der Waals surface area (Å²) >= 11 is 0. The lowest BCUT2D eigenvalue weighted by Gasteiger charge is -2.15. The predicted octanol–water partition coefficient (Wildman–Crippen LogP) is 3.13. The molecule has 4 rings (SSSR count). The van der Waals surface area contributed by atoms with Crippen LogP contribution < -0.4 is 4.74 Å². The summed E-state index contributed by atoms with van der Waals surface area (Å²) in [6, 6.07) is 14.0. The Morgan fingerprint density at radius 1 is 1.30 bits per heavy atom. The molecule has 0 aliphatic carbocycles. The maximum absolute atomic E-state index is 12.8. The number of aryl methyl sites for hydroxylation is 1. The van der Waals surface area contributed by atoms with Gasteiger partial charge in [0.1, 0.15) is 17.1 Å². The quantitative estimate of drug-likeness (QED) is 0.757. The first-order valence-electron chi connectivity index (χ1n) is 9.23. The number of carbonyl (C=O) groups excluding carboxylic acids is 1. The third-order valence-electron chi connectivity index (χ3n) is 5.27. The molecule has 6 nitrogen and oxygen atoms in total. The fourth-order valence-corrected chi connectivity index (χ4v) is 3.74. The number of likely N-dealkylation sites (tertiary alicyclic amines) is 1. The molecule has 1 atom stereocenters. The molecule has 1 unspecified atom stereocenters. The molecule has 1 fully saturated rings. The second-order valence-corrected chi connectivity index (χ2v) is 7.13. The molecule has 27 heavy (non-hydrogen) atoms. The van der Waals surface area contributed by atoms with Crippen molar-refractivity contribution < 1.29 is 9.53 Å². The molecular weight excluding hydrogens is 340 g/mol. The molecule has 3 aromatic rings. The lowest BCUT2D eigenvalue weighted by Crippen LogP contribution is -2.29. The number of rotatable bonds is 5. The predicted molar refractivity (Wildman–Crippen MR) is 104 cm³/mol. The molecule has 1 aliphatic heterocycles. The average Bonchev–Trinajstić information content (AvgIpc) is 3.42. The molecular formula is C21H24N4O2. The standard InChI is InChI=1S/C21H24N4O2/c1-24-10-3-4-20(24)18-13-19(23-22-18)21(26)25-11-9-16(14-25)12-15-5-7-17(27-2)8-6-15/h3-8,10,13,16H,9,11-12,14H2,1-2H3,(H,22,23). The molecule has 3 heterocycles. The molecule has 0 spiro atoms. The van der Waals surface area contributed by atoms with E-state index in [-0.39, 0.29) is 5.91 Å². The number of ether oxygens (including phenoxy) is 1. The van der Waals surface area contributed by atoms with Crippen molar-refractivity contribution in [2.45, 2.75) is 12.8 Å². The highest BCUT2D eigenvalue weighted by Gasteiger charge is 2.28. The Balaban J connectivity index is 1.39. The van der Waals surface area contributed by atoms with E-state index in [2.05, 4.69) is 22.3 Å². The Morgan fingerprint density at radius 2 is 2.11 bits per heavy atom. The van der Waals surface area contributed by atoms with Crippen molar-refractivity contribution in [1.29, 1.82) is 0 Å². The van der Waals surface area contributed by atoms with E-state index in [1.807, 2.05) is 53.0 Å². The summed E-state index contributed by atoms with van der Waals surface area (Å²) in [6.07, 6.45) is 3.97. The number of methoxy groups -OCH3 is 1. The van der Waals surface area contributed by atoms with Crippen LogP contribution in [0.4, 0.5) is 0 Å². The van der Waals surface area contributed by atoms with Crippen LogP contribution in [0.3, 0.4) is 0 Å². The summed E-state index contributed by atoms with van der Waals surface area (Å²) < 4.78 is 7.20. The van der Waals surface area contributed by atoms with Crippen molar-refractivity contribution in [1.82, 2.24) is 19.7 Å². The minimum atomic E-state index is 0.0280. The Kier molecular flexibility index (Phi) is 4.71. The fraction of sp³-hybridized carbons (Fsp3) is 0.333. The smallest absolute Gasteiger partial charge is 0.271 e. The fourth-order valence-electron chi connectivity index (χ4n) is 3.74. The maximum Gasteiger partial charge on any atom is 0.271 e. The number of nitrogens with one attached hydrogen (secondary N) is 1. The first kappa shape index (κ1) is 17.4. The molecule has 1 saturated heterocycles. The minimum Gasteiger partial charge on any atom is -0.497 e. The first-order valence-corrected chi connectivity index (χ1v) is 9.23. The Labute approximate surface area is 158 Å². The zero-order valence-corrected chi connectivity index (χ0v) is 15.7. The van der Waals surface area contributed by atoms with Gasteiger partial charge >= 0.3 is 0 Å². The molecule has 1 aromatic carbocycles. The van der Waals surface area contributed by atoms with E-state index in [9.17, 15) is 4.79 Å². The van der Waals surface area contributed by atoms with Gasteiger partial charge in [-0.1, -0.05) is 12.1 Å². The number of aromatic nitrogens is 3. The van der Waals surface area contributed by atoms with Gasteiger partial charge in [0.2, 0.25) is 0 Å². The maximum atomic E-state index is 12.8. The van der Waals surface area contributed by atoms with Crippen LogP contribution in [0.25, 0.3) is 11.4 Å². The molecule has 1 N–H and O–H groups in total. The van der Waals surface area contributed by atoms with E-state index < -0.39 is 0 Å². The van der Waals surface area contributed by atoms with Gasteiger partial charge in [-0.15, -0.1) is 0 Å². The van der Waals surface area contributed by atoms with E-state index in [0.29, 0.717) is 11.6 Å². The summed E-state index contributed by atoms with van der Waals surface area (Å²) in [5.41, 5.74) is 3.61.